The molecule has 4 aromatic rings. The van der Waals surface area contributed by atoms with Crippen LogP contribution in [0.3, 0.4) is 0 Å². The molecule has 0 radical (unpaired) electrons. The lowest BCUT2D eigenvalue weighted by Crippen LogP contribution is -2.16. The SMILES string of the molecule is Cc1cccc(C)c1CC(=O)CN=Cc1ccc2c(c1)nc(-c1ccc(OC(F)(F)F)cc1)n2C. The molecule has 0 bridgehead atoms. The van der Waals surface area contributed by atoms with Crippen LogP contribution >= 0.6 is 0 Å². The Kier molecular flexibility index (Phi) is 6.73. The standard InChI is InChI=1S/C27H24F3N3O2/c1-17-5-4-6-18(2)23(17)14-21(34)16-31-15-19-7-12-25-24(13-19)32-26(33(25)3)20-8-10-22(11-9-20)35-27(28,29)30/h4-13,15H,14,16H2,1-3H3. The van der Waals surface area contributed by atoms with Gasteiger partial charge in [0.05, 0.1) is 17.6 Å². The third-order valence-electron chi connectivity index (χ3n) is 5.78. The molecule has 0 fully saturated rings. The van der Waals surface area contributed by atoms with Crippen molar-refractivity contribution in [2.75, 3.05) is 6.54 Å². The summed E-state index contributed by atoms with van der Waals surface area (Å²) in [4.78, 5) is 21.4. The van der Waals surface area contributed by atoms with E-state index in [-0.39, 0.29) is 18.1 Å². The van der Waals surface area contributed by atoms with E-state index in [1.54, 1.807) is 6.21 Å². The Morgan fingerprint density at radius 3 is 2.40 bits per heavy atom. The van der Waals surface area contributed by atoms with Gasteiger partial charge in [-0.1, -0.05) is 24.3 Å². The first-order valence-electron chi connectivity index (χ1n) is 11.0. The number of nitrogens with zero attached hydrogens (tertiary/aromatic N) is 3. The summed E-state index contributed by atoms with van der Waals surface area (Å²) in [6.45, 7) is 4.09. The van der Waals surface area contributed by atoms with E-state index in [9.17, 15) is 18.0 Å². The van der Waals surface area contributed by atoms with Crippen molar-refractivity contribution >= 4 is 23.0 Å². The van der Waals surface area contributed by atoms with Crippen molar-refractivity contribution in [2.24, 2.45) is 12.0 Å². The number of hydrogen-bond donors (Lipinski definition) is 0. The van der Waals surface area contributed by atoms with Crippen molar-refractivity contribution in [3.8, 4) is 17.1 Å². The third-order valence-corrected chi connectivity index (χ3v) is 5.78. The van der Waals surface area contributed by atoms with Gasteiger partial charge in [-0.05, 0) is 72.5 Å². The summed E-state index contributed by atoms with van der Waals surface area (Å²) >= 11 is 0. The Morgan fingerprint density at radius 1 is 1.06 bits per heavy atom. The topological polar surface area (TPSA) is 56.5 Å². The van der Waals surface area contributed by atoms with E-state index in [4.69, 9.17) is 0 Å². The molecule has 3 aromatic carbocycles. The molecule has 0 spiro atoms. The van der Waals surface area contributed by atoms with Crippen LogP contribution in [0, 0.1) is 13.8 Å². The normalized spacial score (nSPS) is 11.9. The second kappa shape index (κ2) is 9.74. The van der Waals surface area contributed by atoms with Gasteiger partial charge in [-0.25, -0.2) is 4.98 Å². The minimum atomic E-state index is -4.73. The quantitative estimate of drug-likeness (QED) is 0.306. The maximum Gasteiger partial charge on any atom is 0.573 e. The van der Waals surface area contributed by atoms with Gasteiger partial charge in [0.1, 0.15) is 11.6 Å². The molecule has 0 saturated heterocycles. The van der Waals surface area contributed by atoms with Crippen molar-refractivity contribution in [3.63, 3.8) is 0 Å². The molecule has 5 nitrogen and oxygen atoms in total. The van der Waals surface area contributed by atoms with E-state index in [2.05, 4.69) is 14.7 Å². The Hall–Kier alpha value is -3.94. The van der Waals surface area contributed by atoms with Crippen LogP contribution in [0.2, 0.25) is 0 Å². The number of rotatable bonds is 7. The van der Waals surface area contributed by atoms with Crippen LogP contribution in [0.15, 0.2) is 65.7 Å². The average molecular weight is 480 g/mol. The maximum atomic E-state index is 12.4. The van der Waals surface area contributed by atoms with Gasteiger partial charge in [0.25, 0.3) is 0 Å². The highest BCUT2D eigenvalue weighted by Gasteiger charge is 2.31. The number of benzene rings is 3. The summed E-state index contributed by atoms with van der Waals surface area (Å²) in [5.74, 6) is 0.361. The fourth-order valence-corrected chi connectivity index (χ4v) is 3.99. The molecule has 0 aliphatic heterocycles. The van der Waals surface area contributed by atoms with E-state index in [1.165, 1.54) is 24.3 Å². The summed E-state index contributed by atoms with van der Waals surface area (Å²) in [5, 5.41) is 0. The van der Waals surface area contributed by atoms with Gasteiger partial charge < -0.3 is 9.30 Å². The first kappa shape index (κ1) is 24.2. The first-order chi connectivity index (χ1) is 16.6. The van der Waals surface area contributed by atoms with Gasteiger partial charge in [-0.2, -0.15) is 0 Å². The number of ether oxygens (including phenoxy) is 1. The molecule has 0 aliphatic carbocycles. The number of carbonyl (C=O) groups is 1. The number of ketones is 1. The highest BCUT2D eigenvalue weighted by atomic mass is 19.4. The summed E-state index contributed by atoms with van der Waals surface area (Å²) in [6, 6.07) is 17.2. The number of fused-ring (bicyclic) bond motifs is 1. The van der Waals surface area contributed by atoms with Crippen molar-refractivity contribution in [1.82, 2.24) is 9.55 Å². The molecule has 180 valence electrons. The summed E-state index contributed by atoms with van der Waals surface area (Å²) in [5.41, 5.74) is 6.28. The Bertz CT molecular complexity index is 1380. The second-order valence-corrected chi connectivity index (χ2v) is 8.37. The van der Waals surface area contributed by atoms with Crippen LogP contribution in [-0.4, -0.2) is 34.5 Å². The van der Waals surface area contributed by atoms with Gasteiger partial charge >= 0.3 is 6.36 Å². The molecule has 8 heteroatoms. The summed E-state index contributed by atoms with van der Waals surface area (Å²) in [6.07, 6.45) is -2.73. The van der Waals surface area contributed by atoms with Gasteiger partial charge in [-0.15, -0.1) is 13.2 Å². The van der Waals surface area contributed by atoms with Gasteiger partial charge in [0, 0.05) is 25.2 Å². The number of aliphatic imine (C=N–C) groups is 1. The fourth-order valence-electron chi connectivity index (χ4n) is 3.99. The molecule has 0 unspecified atom stereocenters. The Morgan fingerprint density at radius 2 is 1.74 bits per heavy atom. The minimum absolute atomic E-state index is 0.0396. The zero-order valence-electron chi connectivity index (χ0n) is 19.6. The monoisotopic (exact) mass is 479 g/mol. The number of aryl methyl sites for hydroxylation is 3. The third kappa shape index (κ3) is 5.77. The predicted octanol–water partition coefficient (Wildman–Crippen LogP) is 5.99. The molecule has 0 atom stereocenters. The number of halogens is 3. The molecule has 1 heterocycles. The zero-order chi connectivity index (χ0) is 25.2. The van der Waals surface area contributed by atoms with E-state index in [1.807, 2.05) is 61.9 Å². The smallest absolute Gasteiger partial charge is 0.406 e. The average Bonchev–Trinajstić information content (AvgIpc) is 3.12. The second-order valence-electron chi connectivity index (χ2n) is 8.37. The number of Topliss-reactive ketones (excluding diaryl/α,β-unsaturated/α-hetero) is 1. The molecular weight excluding hydrogens is 455 g/mol. The molecule has 0 aliphatic rings. The molecule has 0 N–H and O–H groups in total. The van der Waals surface area contributed by atoms with Gasteiger partial charge in [-0.3, -0.25) is 9.79 Å². The number of aromatic nitrogens is 2. The largest absolute Gasteiger partial charge is 0.573 e. The van der Waals surface area contributed by atoms with Crippen LogP contribution in [-0.2, 0) is 18.3 Å². The molecule has 35 heavy (non-hydrogen) atoms. The number of alkyl halides is 3. The molecule has 0 saturated carbocycles. The lowest BCUT2D eigenvalue weighted by atomic mass is 9.98. The maximum absolute atomic E-state index is 12.4. The van der Waals surface area contributed by atoms with Gasteiger partial charge in [0.15, 0.2) is 5.78 Å². The van der Waals surface area contributed by atoms with E-state index >= 15 is 0 Å². The zero-order valence-corrected chi connectivity index (χ0v) is 19.6. The lowest BCUT2D eigenvalue weighted by molar-refractivity contribution is -0.274. The number of imidazole rings is 1. The lowest BCUT2D eigenvalue weighted by Gasteiger charge is -2.09. The van der Waals surface area contributed by atoms with Crippen molar-refractivity contribution in [3.05, 3.63) is 82.9 Å². The Labute approximate surface area is 200 Å². The summed E-state index contributed by atoms with van der Waals surface area (Å²) < 4.78 is 43.0. The number of hydrogen-bond acceptors (Lipinski definition) is 4. The molecular formula is C27H24F3N3O2. The van der Waals surface area contributed by atoms with Crippen molar-refractivity contribution < 1.29 is 22.7 Å². The van der Waals surface area contributed by atoms with Gasteiger partial charge in [0.2, 0.25) is 0 Å². The van der Waals surface area contributed by atoms with E-state index < -0.39 is 6.36 Å². The van der Waals surface area contributed by atoms with Crippen LogP contribution in [0.1, 0.15) is 22.3 Å². The predicted molar refractivity (Wildman–Crippen MR) is 130 cm³/mol. The van der Waals surface area contributed by atoms with Crippen LogP contribution in [0.5, 0.6) is 5.75 Å². The summed E-state index contributed by atoms with van der Waals surface area (Å²) in [7, 11) is 1.84. The van der Waals surface area contributed by atoms with Crippen LogP contribution < -0.4 is 4.74 Å². The van der Waals surface area contributed by atoms with E-state index in [0.717, 1.165) is 27.8 Å². The first-order valence-corrected chi connectivity index (χ1v) is 11.0. The highest BCUT2D eigenvalue weighted by Crippen LogP contribution is 2.28. The van der Waals surface area contributed by atoms with Crippen molar-refractivity contribution in [1.29, 1.82) is 0 Å². The molecule has 1 aromatic heterocycles. The highest BCUT2D eigenvalue weighted by molar-refractivity contribution is 5.91. The van der Waals surface area contributed by atoms with E-state index in [0.29, 0.717) is 23.3 Å². The minimum Gasteiger partial charge on any atom is -0.406 e. The van der Waals surface area contributed by atoms with Crippen LogP contribution in [0.25, 0.3) is 22.4 Å². The molecule has 4 rings (SSSR count). The number of carbonyl (C=O) groups excluding carboxylic acids is 1. The Balaban J connectivity index is 1.47. The molecule has 0 amide bonds. The van der Waals surface area contributed by atoms with Crippen molar-refractivity contribution in [2.45, 2.75) is 26.6 Å². The fraction of sp³-hybridized carbons (Fsp3) is 0.222. The van der Waals surface area contributed by atoms with Crippen LogP contribution in [0.4, 0.5) is 13.2 Å².